The number of hydrogen-bond donors (Lipinski definition) is 0. The Morgan fingerprint density at radius 1 is 0.404 bits per heavy atom. The molecule has 0 aliphatic heterocycles. The molecule has 0 aliphatic carbocycles. The number of rotatable bonds is 5. The Balaban J connectivity index is 1.17. The third-order valence-corrected chi connectivity index (χ3v) is 12.2. The molecular weight excluding hydrogens is 717 g/mol. The van der Waals surface area contributed by atoms with Gasteiger partial charge in [0.2, 0.25) is 0 Å². The fourth-order valence-electron chi connectivity index (χ4n) is 8.44. The van der Waals surface area contributed by atoms with E-state index in [9.17, 15) is 0 Å². The number of hydrogen-bond acceptors (Lipinski definition) is 5. The van der Waals surface area contributed by atoms with Gasteiger partial charge in [-0.05, 0) is 53.6 Å². The molecule has 0 spiro atoms. The molecule has 8 aromatic carbocycles. The number of nitrogens with zero attached hydrogens (tertiary/aromatic N) is 4. The van der Waals surface area contributed by atoms with Crippen molar-refractivity contribution < 1.29 is 4.42 Å². The number of furan rings is 1. The van der Waals surface area contributed by atoms with Gasteiger partial charge in [-0.2, -0.15) is 0 Å². The number of para-hydroxylation sites is 2. The predicted octanol–water partition coefficient (Wildman–Crippen LogP) is 13.9. The van der Waals surface area contributed by atoms with Gasteiger partial charge in [-0.15, -0.1) is 11.3 Å². The van der Waals surface area contributed by atoms with E-state index in [0.717, 1.165) is 66.5 Å². The standard InChI is InChI=1S/C51H30N4OS/c1-4-15-31(16-5-1)34-27-40(51-53-49(32-17-6-2-7-18-32)52-50(54-51)33-19-8-3-9-20-33)47-37-23-14-25-42(48(37)56-44(47)28-34)55-41-24-12-10-21-35(41)38-30-46-39(29-43(38)55)36-22-11-13-26-45(36)57-46/h1-30H. The maximum atomic E-state index is 7.11. The van der Waals surface area contributed by atoms with Crippen molar-refractivity contribution in [2.75, 3.05) is 0 Å². The van der Waals surface area contributed by atoms with Crippen LogP contribution in [-0.2, 0) is 0 Å². The monoisotopic (exact) mass is 746 g/mol. The molecule has 0 N–H and O–H groups in total. The molecule has 5 nitrogen and oxygen atoms in total. The van der Waals surface area contributed by atoms with Crippen LogP contribution >= 0.6 is 11.3 Å². The van der Waals surface area contributed by atoms with Gasteiger partial charge in [-0.25, -0.2) is 15.0 Å². The van der Waals surface area contributed by atoms with Crippen LogP contribution in [-0.4, -0.2) is 19.5 Å². The molecule has 12 aromatic rings. The topological polar surface area (TPSA) is 56.7 Å². The summed E-state index contributed by atoms with van der Waals surface area (Å²) in [5.41, 5.74) is 9.65. The van der Waals surface area contributed by atoms with E-state index in [0.29, 0.717) is 17.5 Å². The fraction of sp³-hybridized carbons (Fsp3) is 0. The zero-order valence-corrected chi connectivity index (χ0v) is 31.2. The minimum absolute atomic E-state index is 0.585. The lowest BCUT2D eigenvalue weighted by molar-refractivity contribution is 0.666. The SMILES string of the molecule is c1ccc(-c2cc(-c3nc(-c4ccccc4)nc(-c4ccccc4)n3)c3c(c2)oc2c(-n4c5ccccc5c5cc6sc7ccccc7c6cc54)cccc23)cc1. The Morgan fingerprint density at radius 3 is 1.75 bits per heavy atom. The first-order valence-corrected chi connectivity index (χ1v) is 19.8. The van der Waals surface area contributed by atoms with Crippen LogP contribution in [0.1, 0.15) is 0 Å². The second kappa shape index (κ2) is 12.6. The molecule has 0 atom stereocenters. The van der Waals surface area contributed by atoms with E-state index in [2.05, 4.69) is 120 Å². The highest BCUT2D eigenvalue weighted by atomic mass is 32.1. The normalized spacial score (nSPS) is 11.9. The van der Waals surface area contributed by atoms with Gasteiger partial charge in [0.25, 0.3) is 0 Å². The van der Waals surface area contributed by atoms with E-state index in [-0.39, 0.29) is 0 Å². The molecule has 57 heavy (non-hydrogen) atoms. The first-order valence-electron chi connectivity index (χ1n) is 19.0. The summed E-state index contributed by atoms with van der Waals surface area (Å²) in [7, 11) is 0. The van der Waals surface area contributed by atoms with Gasteiger partial charge >= 0.3 is 0 Å². The Hall–Kier alpha value is -7.41. The minimum atomic E-state index is 0.585. The third kappa shape index (κ3) is 5.04. The van der Waals surface area contributed by atoms with Crippen molar-refractivity contribution in [3.8, 4) is 51.0 Å². The highest BCUT2D eigenvalue weighted by molar-refractivity contribution is 7.25. The average molecular weight is 747 g/mol. The third-order valence-electron chi connectivity index (χ3n) is 11.0. The van der Waals surface area contributed by atoms with E-state index >= 15 is 0 Å². The fourth-order valence-corrected chi connectivity index (χ4v) is 9.56. The average Bonchev–Trinajstić information content (AvgIpc) is 3.95. The summed E-state index contributed by atoms with van der Waals surface area (Å²) in [5.74, 6) is 1.81. The largest absolute Gasteiger partial charge is 0.454 e. The van der Waals surface area contributed by atoms with E-state index in [1.807, 2.05) is 78.1 Å². The molecule has 0 saturated carbocycles. The molecule has 0 radical (unpaired) electrons. The second-order valence-electron chi connectivity index (χ2n) is 14.4. The Labute approximate surface area is 330 Å². The van der Waals surface area contributed by atoms with Crippen molar-refractivity contribution in [3.05, 3.63) is 182 Å². The summed E-state index contributed by atoms with van der Waals surface area (Å²) >= 11 is 1.85. The lowest BCUT2D eigenvalue weighted by Gasteiger charge is -2.11. The van der Waals surface area contributed by atoms with Gasteiger partial charge in [0.1, 0.15) is 5.58 Å². The van der Waals surface area contributed by atoms with Crippen molar-refractivity contribution in [1.82, 2.24) is 19.5 Å². The molecule has 266 valence electrons. The van der Waals surface area contributed by atoms with Crippen LogP contribution in [0.2, 0.25) is 0 Å². The maximum absolute atomic E-state index is 7.11. The summed E-state index contributed by atoms with van der Waals surface area (Å²) in [6, 6.07) is 63.6. The van der Waals surface area contributed by atoms with Gasteiger partial charge in [-0.1, -0.05) is 140 Å². The summed E-state index contributed by atoms with van der Waals surface area (Å²) < 4.78 is 12.1. The molecule has 12 rings (SSSR count). The Bertz CT molecular complexity index is 3460. The van der Waals surface area contributed by atoms with Crippen LogP contribution in [0.5, 0.6) is 0 Å². The van der Waals surface area contributed by atoms with E-state index in [1.54, 1.807) is 0 Å². The van der Waals surface area contributed by atoms with E-state index < -0.39 is 0 Å². The molecule has 0 amide bonds. The molecule has 4 heterocycles. The molecule has 0 unspecified atom stereocenters. The predicted molar refractivity (Wildman–Crippen MR) is 236 cm³/mol. The second-order valence-corrected chi connectivity index (χ2v) is 15.5. The van der Waals surface area contributed by atoms with Crippen LogP contribution < -0.4 is 0 Å². The molecule has 0 saturated heterocycles. The highest BCUT2D eigenvalue weighted by Gasteiger charge is 2.23. The molecule has 0 aliphatic rings. The van der Waals surface area contributed by atoms with Gasteiger partial charge < -0.3 is 8.98 Å². The highest BCUT2D eigenvalue weighted by Crippen LogP contribution is 2.45. The first kappa shape index (κ1) is 31.9. The Kier molecular flexibility index (Phi) is 7.03. The van der Waals surface area contributed by atoms with E-state index in [1.165, 1.54) is 30.9 Å². The van der Waals surface area contributed by atoms with Crippen LogP contribution in [0.4, 0.5) is 0 Å². The van der Waals surface area contributed by atoms with Crippen molar-refractivity contribution in [2.24, 2.45) is 0 Å². The summed E-state index contributed by atoms with van der Waals surface area (Å²) in [5, 5.41) is 6.92. The summed E-state index contributed by atoms with van der Waals surface area (Å²) in [6.45, 7) is 0. The molecule has 0 bridgehead atoms. The maximum Gasteiger partial charge on any atom is 0.164 e. The van der Waals surface area contributed by atoms with Crippen LogP contribution in [0.3, 0.4) is 0 Å². The van der Waals surface area contributed by atoms with Gasteiger partial charge in [0, 0.05) is 58.4 Å². The van der Waals surface area contributed by atoms with Crippen molar-refractivity contribution in [2.45, 2.75) is 0 Å². The number of fused-ring (bicyclic) bond motifs is 9. The minimum Gasteiger partial charge on any atom is -0.454 e. The Morgan fingerprint density at radius 2 is 1.02 bits per heavy atom. The molecule has 0 fully saturated rings. The van der Waals surface area contributed by atoms with E-state index in [4.69, 9.17) is 19.4 Å². The van der Waals surface area contributed by atoms with Crippen LogP contribution in [0.25, 0.3) is 115 Å². The smallest absolute Gasteiger partial charge is 0.164 e. The van der Waals surface area contributed by atoms with Gasteiger partial charge in [0.05, 0.1) is 16.7 Å². The van der Waals surface area contributed by atoms with Crippen molar-refractivity contribution >= 4 is 75.3 Å². The lowest BCUT2D eigenvalue weighted by Crippen LogP contribution is -2.00. The number of thiophene rings is 1. The van der Waals surface area contributed by atoms with Gasteiger partial charge in [0.15, 0.2) is 23.1 Å². The van der Waals surface area contributed by atoms with Crippen molar-refractivity contribution in [1.29, 1.82) is 0 Å². The van der Waals surface area contributed by atoms with Gasteiger partial charge in [-0.3, -0.25) is 0 Å². The lowest BCUT2D eigenvalue weighted by atomic mass is 9.98. The summed E-state index contributed by atoms with van der Waals surface area (Å²) in [4.78, 5) is 15.4. The first-order chi connectivity index (χ1) is 28.2. The number of benzene rings is 8. The van der Waals surface area contributed by atoms with Crippen molar-refractivity contribution in [3.63, 3.8) is 0 Å². The van der Waals surface area contributed by atoms with Crippen LogP contribution in [0.15, 0.2) is 186 Å². The zero-order chi connectivity index (χ0) is 37.5. The quantitative estimate of drug-likeness (QED) is 0.176. The summed E-state index contributed by atoms with van der Waals surface area (Å²) in [6.07, 6.45) is 0. The number of aromatic nitrogens is 4. The zero-order valence-electron chi connectivity index (χ0n) is 30.4. The molecular formula is C51H30N4OS. The molecule has 4 aromatic heterocycles. The van der Waals surface area contributed by atoms with Crippen LogP contribution in [0, 0.1) is 0 Å². The molecule has 6 heteroatoms.